The van der Waals surface area contributed by atoms with Crippen molar-refractivity contribution in [3.63, 3.8) is 0 Å². The molecule has 0 aliphatic heterocycles. The normalized spacial score (nSPS) is 10.6. The Hall–Kier alpha value is -4.53. The van der Waals surface area contributed by atoms with Gasteiger partial charge in [0.2, 0.25) is 0 Å². The summed E-state index contributed by atoms with van der Waals surface area (Å²) in [5, 5.41) is 4.53. The van der Waals surface area contributed by atoms with Crippen molar-refractivity contribution < 1.29 is 32.6 Å². The van der Waals surface area contributed by atoms with E-state index >= 15 is 0 Å². The summed E-state index contributed by atoms with van der Waals surface area (Å²) >= 11 is 0. The standard InChI is InChI=1S/C26H20F2N2O5/c1-33-25(31)21-22(29-30(23(21)26(32)34-2)18-10-4-3-5-11-18)17-9-6-8-16(14-17)15-35-24-19(27)12-7-13-20(24)28/h3-14H,15H2,1-2H3. The van der Waals surface area contributed by atoms with Crippen LogP contribution in [0.1, 0.15) is 26.4 Å². The molecule has 4 rings (SSSR count). The zero-order valence-corrected chi connectivity index (χ0v) is 18.8. The summed E-state index contributed by atoms with van der Waals surface area (Å²) in [5.41, 5.74) is 1.52. The summed E-state index contributed by atoms with van der Waals surface area (Å²) in [6.07, 6.45) is 0. The summed E-state index contributed by atoms with van der Waals surface area (Å²) in [5.74, 6) is -3.69. The molecule has 3 aromatic carbocycles. The number of hydrogen-bond donors (Lipinski definition) is 0. The molecule has 0 amide bonds. The first-order chi connectivity index (χ1) is 16.9. The Bertz CT molecular complexity index is 1370. The van der Waals surface area contributed by atoms with Gasteiger partial charge in [-0.05, 0) is 35.9 Å². The lowest BCUT2D eigenvalue weighted by atomic mass is 10.0. The van der Waals surface area contributed by atoms with E-state index in [0.717, 1.165) is 12.1 Å². The van der Waals surface area contributed by atoms with Crippen molar-refractivity contribution in [2.45, 2.75) is 6.61 Å². The second-order valence-electron chi connectivity index (χ2n) is 7.34. The molecule has 0 N–H and O–H groups in total. The van der Waals surface area contributed by atoms with E-state index in [1.54, 1.807) is 54.6 Å². The van der Waals surface area contributed by atoms with Crippen LogP contribution < -0.4 is 4.74 Å². The molecule has 0 atom stereocenters. The first kappa shape index (κ1) is 23.6. The SMILES string of the molecule is COC(=O)c1c(-c2cccc(COc3c(F)cccc3F)c2)nn(-c2ccccc2)c1C(=O)OC. The van der Waals surface area contributed by atoms with E-state index in [0.29, 0.717) is 16.8 Å². The molecular formula is C26H20F2N2O5. The Balaban J connectivity index is 1.80. The van der Waals surface area contributed by atoms with Crippen LogP contribution in [0.4, 0.5) is 8.78 Å². The molecule has 0 aliphatic carbocycles. The minimum absolute atomic E-state index is 0.0820. The van der Waals surface area contributed by atoms with Gasteiger partial charge in [0.1, 0.15) is 17.9 Å². The number of ether oxygens (including phenoxy) is 3. The van der Waals surface area contributed by atoms with E-state index in [2.05, 4.69) is 5.10 Å². The van der Waals surface area contributed by atoms with Gasteiger partial charge >= 0.3 is 11.9 Å². The number of halogens is 2. The Morgan fingerprint density at radius 2 is 1.51 bits per heavy atom. The molecular weight excluding hydrogens is 458 g/mol. The monoisotopic (exact) mass is 478 g/mol. The molecule has 178 valence electrons. The molecule has 0 unspecified atom stereocenters. The molecule has 0 saturated heterocycles. The molecule has 0 bridgehead atoms. The molecule has 0 aliphatic rings. The molecule has 9 heteroatoms. The number of carbonyl (C=O) groups is 2. The van der Waals surface area contributed by atoms with Crippen LogP contribution in [-0.4, -0.2) is 35.9 Å². The number of para-hydroxylation sites is 2. The lowest BCUT2D eigenvalue weighted by Crippen LogP contribution is -2.15. The van der Waals surface area contributed by atoms with Gasteiger partial charge in [-0.3, -0.25) is 0 Å². The largest absolute Gasteiger partial charge is 0.483 e. The van der Waals surface area contributed by atoms with Crippen LogP contribution in [0.25, 0.3) is 16.9 Å². The van der Waals surface area contributed by atoms with Gasteiger partial charge in [-0.2, -0.15) is 5.10 Å². The van der Waals surface area contributed by atoms with Gasteiger partial charge in [0.05, 0.1) is 19.9 Å². The summed E-state index contributed by atoms with van der Waals surface area (Å²) in [4.78, 5) is 25.5. The Morgan fingerprint density at radius 1 is 0.857 bits per heavy atom. The van der Waals surface area contributed by atoms with E-state index < -0.39 is 29.3 Å². The number of aromatic nitrogens is 2. The number of hydrogen-bond acceptors (Lipinski definition) is 6. The molecule has 0 fully saturated rings. The highest BCUT2D eigenvalue weighted by molar-refractivity contribution is 6.06. The predicted octanol–water partition coefficient (Wildman–Crippen LogP) is 4.97. The Labute approximate surface area is 199 Å². The van der Waals surface area contributed by atoms with Crippen LogP contribution in [-0.2, 0) is 16.1 Å². The fraction of sp³-hybridized carbons (Fsp3) is 0.115. The first-order valence-corrected chi connectivity index (χ1v) is 10.5. The lowest BCUT2D eigenvalue weighted by molar-refractivity contribution is 0.0549. The van der Waals surface area contributed by atoms with Gasteiger partial charge in [0, 0.05) is 5.56 Å². The second-order valence-corrected chi connectivity index (χ2v) is 7.34. The molecule has 1 aromatic heterocycles. The zero-order valence-electron chi connectivity index (χ0n) is 18.8. The number of carbonyl (C=O) groups excluding carboxylic acids is 2. The van der Waals surface area contributed by atoms with E-state index in [1.165, 1.54) is 25.0 Å². The van der Waals surface area contributed by atoms with Gasteiger partial charge in [0.15, 0.2) is 23.1 Å². The first-order valence-electron chi connectivity index (χ1n) is 10.5. The van der Waals surface area contributed by atoms with E-state index in [9.17, 15) is 18.4 Å². The number of nitrogens with zero attached hydrogens (tertiary/aromatic N) is 2. The predicted molar refractivity (Wildman–Crippen MR) is 122 cm³/mol. The summed E-state index contributed by atoms with van der Waals surface area (Å²) < 4.78 is 44.4. The van der Waals surface area contributed by atoms with Crippen molar-refractivity contribution in [2.75, 3.05) is 14.2 Å². The summed E-state index contributed by atoms with van der Waals surface area (Å²) in [6.45, 7) is -0.150. The number of methoxy groups -OCH3 is 2. The van der Waals surface area contributed by atoms with Crippen LogP contribution in [0, 0.1) is 11.6 Å². The summed E-state index contributed by atoms with van der Waals surface area (Å²) in [7, 11) is 2.39. The van der Waals surface area contributed by atoms with Gasteiger partial charge < -0.3 is 14.2 Å². The molecule has 0 spiro atoms. The topological polar surface area (TPSA) is 79.7 Å². The maximum atomic E-state index is 13.9. The average molecular weight is 478 g/mol. The highest BCUT2D eigenvalue weighted by Crippen LogP contribution is 2.30. The van der Waals surface area contributed by atoms with Gasteiger partial charge in [-0.15, -0.1) is 0 Å². The third kappa shape index (κ3) is 4.74. The van der Waals surface area contributed by atoms with Crippen LogP contribution >= 0.6 is 0 Å². The van der Waals surface area contributed by atoms with Gasteiger partial charge in [-0.1, -0.05) is 42.5 Å². The zero-order chi connectivity index (χ0) is 24.9. The van der Waals surface area contributed by atoms with Gasteiger partial charge in [-0.25, -0.2) is 23.1 Å². The van der Waals surface area contributed by atoms with E-state index in [1.807, 2.05) is 0 Å². The fourth-order valence-electron chi connectivity index (χ4n) is 3.54. The quantitative estimate of drug-likeness (QED) is 0.349. The van der Waals surface area contributed by atoms with Crippen molar-refractivity contribution in [1.82, 2.24) is 9.78 Å². The lowest BCUT2D eigenvalue weighted by Gasteiger charge is -2.09. The number of esters is 2. The molecule has 1 heterocycles. The van der Waals surface area contributed by atoms with Crippen LogP contribution in [0.3, 0.4) is 0 Å². The summed E-state index contributed by atoms with van der Waals surface area (Å²) in [6, 6.07) is 18.9. The smallest absolute Gasteiger partial charge is 0.357 e. The van der Waals surface area contributed by atoms with Crippen LogP contribution in [0.15, 0.2) is 72.8 Å². The number of benzene rings is 3. The van der Waals surface area contributed by atoms with Crippen LogP contribution in [0.5, 0.6) is 5.75 Å². The average Bonchev–Trinajstić information content (AvgIpc) is 3.29. The van der Waals surface area contributed by atoms with Crippen molar-refractivity contribution in [1.29, 1.82) is 0 Å². The molecule has 4 aromatic rings. The van der Waals surface area contributed by atoms with E-state index in [4.69, 9.17) is 14.2 Å². The molecule has 0 saturated carbocycles. The Kier molecular flexibility index (Phi) is 6.86. The number of rotatable bonds is 7. The minimum atomic E-state index is -0.821. The molecule has 35 heavy (non-hydrogen) atoms. The third-order valence-electron chi connectivity index (χ3n) is 5.16. The van der Waals surface area contributed by atoms with Crippen molar-refractivity contribution in [2.24, 2.45) is 0 Å². The van der Waals surface area contributed by atoms with Crippen LogP contribution in [0.2, 0.25) is 0 Å². The Morgan fingerprint density at radius 3 is 2.17 bits per heavy atom. The maximum absolute atomic E-state index is 13.9. The van der Waals surface area contributed by atoms with Gasteiger partial charge in [0.25, 0.3) is 0 Å². The maximum Gasteiger partial charge on any atom is 0.357 e. The highest BCUT2D eigenvalue weighted by Gasteiger charge is 2.31. The van der Waals surface area contributed by atoms with Crippen molar-refractivity contribution in [3.8, 4) is 22.7 Å². The third-order valence-corrected chi connectivity index (χ3v) is 5.16. The molecule has 0 radical (unpaired) electrons. The highest BCUT2D eigenvalue weighted by atomic mass is 19.1. The molecule has 7 nitrogen and oxygen atoms in total. The second kappa shape index (κ2) is 10.2. The minimum Gasteiger partial charge on any atom is -0.483 e. The van der Waals surface area contributed by atoms with Crippen molar-refractivity contribution >= 4 is 11.9 Å². The fourth-order valence-corrected chi connectivity index (χ4v) is 3.54. The van der Waals surface area contributed by atoms with E-state index in [-0.39, 0.29) is 23.6 Å². The van der Waals surface area contributed by atoms with Crippen molar-refractivity contribution in [3.05, 3.63) is 101 Å².